The Morgan fingerprint density at radius 2 is 1.39 bits per heavy atom. The van der Waals surface area contributed by atoms with Crippen LogP contribution in [-0.4, -0.2) is 0 Å². The maximum Gasteiger partial charge on any atom is 0.213 e. The molecule has 33 heavy (non-hydrogen) atoms. The molecule has 0 radical (unpaired) electrons. The minimum Gasteiger partial charge on any atom is -0.201 e. The third-order valence-corrected chi connectivity index (χ3v) is 7.22. The van der Waals surface area contributed by atoms with Crippen molar-refractivity contribution in [1.82, 2.24) is 0 Å². The van der Waals surface area contributed by atoms with Gasteiger partial charge in [-0.2, -0.15) is 0 Å². The smallest absolute Gasteiger partial charge is 0.201 e. The third kappa shape index (κ3) is 3.17. The minimum atomic E-state index is -1.44. The molecule has 1 heteroatoms. The molecule has 0 atom stereocenters. The normalized spacial score (nSPS) is 14.8. The Morgan fingerprint density at radius 1 is 0.818 bits per heavy atom. The number of aryl methyl sites for hydroxylation is 1. The summed E-state index contributed by atoms with van der Waals surface area (Å²) in [6.07, 6.45) is 2.45. The number of rotatable bonds is 2. The van der Waals surface area contributed by atoms with Crippen molar-refractivity contribution in [3.05, 3.63) is 100 Å². The van der Waals surface area contributed by atoms with Crippen LogP contribution in [0.15, 0.2) is 66.9 Å². The summed E-state index contributed by atoms with van der Waals surface area (Å²) in [5.41, 5.74) is 15.0. The molecule has 0 N–H and O–H groups in total. The van der Waals surface area contributed by atoms with Crippen LogP contribution in [0.3, 0.4) is 0 Å². The number of hydrogen-bond donors (Lipinski definition) is 0. The largest absolute Gasteiger partial charge is 0.213 e. The number of benzene rings is 3. The zero-order chi connectivity index (χ0) is 24.7. The van der Waals surface area contributed by atoms with Gasteiger partial charge >= 0.3 is 0 Å². The van der Waals surface area contributed by atoms with E-state index in [1.807, 2.05) is 33.0 Å². The lowest BCUT2D eigenvalue weighted by atomic mass is 9.84. The van der Waals surface area contributed by atoms with E-state index in [4.69, 9.17) is 2.74 Å². The van der Waals surface area contributed by atoms with Crippen molar-refractivity contribution >= 4 is 0 Å². The molecule has 1 heterocycles. The summed E-state index contributed by atoms with van der Waals surface area (Å²) in [5, 5.41) is 0. The standard InChI is InChI=1S/C32H32N/c1-20-26-17-22-10-6-8-12-24(22)30(26)31-25-13-9-7-11-23(25)18-27(31)29(20)28-16-21(14-15-33(28)5)19-32(2,3)4/h6-16H,17-19H2,1-5H3/q+1/i19D2. The molecule has 0 fully saturated rings. The van der Waals surface area contributed by atoms with Crippen molar-refractivity contribution in [1.29, 1.82) is 0 Å². The van der Waals surface area contributed by atoms with Crippen molar-refractivity contribution in [2.75, 3.05) is 0 Å². The summed E-state index contributed by atoms with van der Waals surface area (Å²) in [6.45, 7) is 8.21. The van der Waals surface area contributed by atoms with E-state index < -0.39 is 11.8 Å². The Bertz CT molecular complexity index is 1520. The molecule has 6 rings (SSSR count). The van der Waals surface area contributed by atoms with Crippen LogP contribution in [-0.2, 0) is 26.3 Å². The lowest BCUT2D eigenvalue weighted by molar-refractivity contribution is -0.660. The molecular formula is C32H32N+. The molecule has 0 unspecified atom stereocenters. The molecule has 2 aliphatic carbocycles. The van der Waals surface area contributed by atoms with E-state index >= 15 is 0 Å². The minimum absolute atomic E-state index is 0.503. The van der Waals surface area contributed by atoms with Crippen LogP contribution in [0.5, 0.6) is 0 Å². The number of fused-ring (bicyclic) bond motifs is 7. The zero-order valence-electron chi connectivity index (χ0n) is 22.2. The van der Waals surface area contributed by atoms with E-state index in [-0.39, 0.29) is 0 Å². The van der Waals surface area contributed by atoms with Crippen molar-refractivity contribution < 1.29 is 7.31 Å². The van der Waals surface area contributed by atoms with Gasteiger partial charge < -0.3 is 0 Å². The van der Waals surface area contributed by atoms with Crippen LogP contribution in [0.2, 0.25) is 0 Å². The predicted octanol–water partition coefficient (Wildman–Crippen LogP) is 7.22. The molecule has 0 aliphatic heterocycles. The van der Waals surface area contributed by atoms with Gasteiger partial charge in [0.2, 0.25) is 5.69 Å². The summed E-state index contributed by atoms with van der Waals surface area (Å²) in [7, 11) is 2.08. The van der Waals surface area contributed by atoms with E-state index in [9.17, 15) is 0 Å². The van der Waals surface area contributed by atoms with Crippen LogP contribution in [0.1, 0.15) is 56.9 Å². The summed E-state index contributed by atoms with van der Waals surface area (Å²) >= 11 is 0. The number of pyridine rings is 1. The molecular weight excluding hydrogens is 398 g/mol. The van der Waals surface area contributed by atoms with Gasteiger partial charge in [-0.1, -0.05) is 69.3 Å². The summed E-state index contributed by atoms with van der Waals surface area (Å²) in [6, 6.07) is 21.7. The maximum atomic E-state index is 8.93. The van der Waals surface area contributed by atoms with Gasteiger partial charge in [-0.05, 0) is 87.2 Å². The lowest BCUT2D eigenvalue weighted by Crippen LogP contribution is -2.31. The van der Waals surface area contributed by atoms with Crippen molar-refractivity contribution in [3.63, 3.8) is 0 Å². The highest BCUT2D eigenvalue weighted by molar-refractivity contribution is 6.00. The van der Waals surface area contributed by atoms with E-state index in [0.717, 1.165) is 24.1 Å². The molecule has 0 amide bonds. The molecule has 0 saturated heterocycles. The molecule has 0 bridgehead atoms. The fourth-order valence-electron chi connectivity index (χ4n) is 5.88. The Kier molecular flexibility index (Phi) is 3.96. The SMILES string of the molecule is [2H]C([2H])(c1cc[n+](C)c(-c2c(C)c3c(c4c2Cc2ccccc2-4)-c2ccccc2C3)c1)C(C)(C)C. The predicted molar refractivity (Wildman–Crippen MR) is 137 cm³/mol. The van der Waals surface area contributed by atoms with Crippen molar-refractivity contribution in [3.8, 4) is 33.5 Å². The molecule has 2 aliphatic rings. The van der Waals surface area contributed by atoms with Gasteiger partial charge in [0.05, 0.1) is 5.56 Å². The van der Waals surface area contributed by atoms with Gasteiger partial charge in [0.1, 0.15) is 7.05 Å². The molecule has 164 valence electrons. The van der Waals surface area contributed by atoms with E-state index in [1.165, 1.54) is 55.6 Å². The van der Waals surface area contributed by atoms with Crippen LogP contribution >= 0.6 is 0 Å². The van der Waals surface area contributed by atoms with Gasteiger partial charge in [-0.15, -0.1) is 0 Å². The Hall–Kier alpha value is -3.19. The first-order valence-electron chi connectivity index (χ1n) is 12.9. The summed E-state index contributed by atoms with van der Waals surface area (Å²) < 4.78 is 20.0. The first-order valence-corrected chi connectivity index (χ1v) is 11.9. The highest BCUT2D eigenvalue weighted by Gasteiger charge is 2.35. The fraction of sp³-hybridized carbons (Fsp3) is 0.281. The lowest BCUT2D eigenvalue weighted by Gasteiger charge is -2.20. The Morgan fingerprint density at radius 3 is 2.03 bits per heavy atom. The average molecular weight is 433 g/mol. The van der Waals surface area contributed by atoms with Crippen LogP contribution < -0.4 is 4.57 Å². The van der Waals surface area contributed by atoms with Gasteiger partial charge in [-0.25, -0.2) is 4.57 Å². The van der Waals surface area contributed by atoms with Gasteiger partial charge in [0, 0.05) is 14.9 Å². The highest BCUT2D eigenvalue weighted by Crippen LogP contribution is 2.53. The third-order valence-electron chi connectivity index (χ3n) is 7.22. The number of hydrogen-bond acceptors (Lipinski definition) is 0. The van der Waals surface area contributed by atoms with Gasteiger partial charge in [0.15, 0.2) is 6.20 Å². The molecule has 1 aromatic heterocycles. The Labute approximate surface area is 200 Å². The molecule has 1 nitrogen and oxygen atoms in total. The zero-order valence-corrected chi connectivity index (χ0v) is 20.2. The second-order valence-electron chi connectivity index (χ2n) is 10.7. The number of aromatic nitrogens is 1. The maximum absolute atomic E-state index is 8.93. The molecule has 0 spiro atoms. The number of nitrogens with zero attached hydrogens (tertiary/aromatic N) is 1. The first kappa shape index (κ1) is 18.3. The quantitative estimate of drug-likeness (QED) is 0.254. The summed E-state index contributed by atoms with van der Waals surface area (Å²) in [5.74, 6) is 0. The first-order chi connectivity index (χ1) is 16.6. The van der Waals surface area contributed by atoms with Crippen LogP contribution in [0, 0.1) is 12.3 Å². The second kappa shape index (κ2) is 7.15. The fourth-order valence-corrected chi connectivity index (χ4v) is 5.88. The van der Waals surface area contributed by atoms with E-state index in [2.05, 4.69) is 73.1 Å². The molecule has 3 aromatic carbocycles. The van der Waals surface area contributed by atoms with Gasteiger partial charge in [0.25, 0.3) is 0 Å². The monoisotopic (exact) mass is 432 g/mol. The van der Waals surface area contributed by atoms with Crippen molar-refractivity contribution in [2.24, 2.45) is 12.5 Å². The average Bonchev–Trinajstić information content (AvgIpc) is 3.38. The van der Waals surface area contributed by atoms with E-state index in [0.29, 0.717) is 0 Å². The summed E-state index contributed by atoms with van der Waals surface area (Å²) in [4.78, 5) is 0. The van der Waals surface area contributed by atoms with Crippen molar-refractivity contribution in [2.45, 2.75) is 46.9 Å². The molecule has 0 saturated carbocycles. The van der Waals surface area contributed by atoms with Crippen LogP contribution in [0.25, 0.3) is 33.5 Å². The van der Waals surface area contributed by atoms with E-state index in [1.54, 1.807) is 0 Å². The Balaban J connectivity index is 1.68. The topological polar surface area (TPSA) is 3.88 Å². The second-order valence-corrected chi connectivity index (χ2v) is 10.7. The molecule has 4 aromatic rings. The van der Waals surface area contributed by atoms with Crippen LogP contribution in [0.4, 0.5) is 0 Å². The highest BCUT2D eigenvalue weighted by atomic mass is 14.9. The van der Waals surface area contributed by atoms with Gasteiger partial charge in [-0.3, -0.25) is 0 Å².